The Bertz CT molecular complexity index is 1750. The van der Waals surface area contributed by atoms with E-state index in [0.29, 0.717) is 44.0 Å². The van der Waals surface area contributed by atoms with Gasteiger partial charge in [-0.25, -0.2) is 4.98 Å². The number of carbonyl (C=O) groups excluding carboxylic acids is 1. The van der Waals surface area contributed by atoms with Gasteiger partial charge in [0.1, 0.15) is 23.2 Å². The predicted molar refractivity (Wildman–Crippen MR) is 154 cm³/mol. The normalized spacial score (nSPS) is 14.7. The fraction of sp³-hybridized carbons (Fsp3) is 0.233. The van der Waals surface area contributed by atoms with Crippen molar-refractivity contribution >= 4 is 45.2 Å². The second-order valence-electron chi connectivity index (χ2n) is 10.1. The van der Waals surface area contributed by atoms with Crippen molar-refractivity contribution in [3.05, 3.63) is 92.8 Å². The van der Waals surface area contributed by atoms with Crippen molar-refractivity contribution in [1.29, 1.82) is 0 Å². The number of H-pyrrole nitrogens is 1. The number of anilines is 1. The van der Waals surface area contributed by atoms with Crippen LogP contribution in [0.15, 0.2) is 70.1 Å². The summed E-state index contributed by atoms with van der Waals surface area (Å²) < 4.78 is 5.71. The summed E-state index contributed by atoms with van der Waals surface area (Å²) >= 11 is 6.23. The highest BCUT2D eigenvalue weighted by Gasteiger charge is 2.16. The smallest absolute Gasteiger partial charge is 0.255 e. The molecule has 198 valence electrons. The van der Waals surface area contributed by atoms with Gasteiger partial charge >= 0.3 is 0 Å². The highest BCUT2D eigenvalue weighted by Crippen LogP contribution is 2.25. The number of carbonyl (C=O) groups is 1. The molecule has 2 N–H and O–H groups in total. The lowest BCUT2D eigenvalue weighted by Gasteiger charge is -2.32. The zero-order valence-electron chi connectivity index (χ0n) is 21.8. The van der Waals surface area contributed by atoms with Gasteiger partial charge in [-0.15, -0.1) is 0 Å². The molecule has 0 radical (unpaired) electrons. The van der Waals surface area contributed by atoms with Gasteiger partial charge in [-0.05, 0) is 67.6 Å². The Kier molecular flexibility index (Phi) is 6.68. The monoisotopic (exact) mass is 541 g/mol. The van der Waals surface area contributed by atoms with Crippen LogP contribution in [-0.2, 0) is 6.54 Å². The molecular weight excluding hydrogens is 514 g/mol. The number of benzene rings is 3. The average molecular weight is 542 g/mol. The molecule has 1 aliphatic rings. The van der Waals surface area contributed by atoms with Crippen LogP contribution in [0.5, 0.6) is 0 Å². The van der Waals surface area contributed by atoms with E-state index in [-0.39, 0.29) is 11.3 Å². The number of halogens is 1. The molecule has 39 heavy (non-hydrogen) atoms. The second-order valence-corrected chi connectivity index (χ2v) is 10.5. The summed E-state index contributed by atoms with van der Waals surface area (Å²) in [6.07, 6.45) is 1.40. The van der Waals surface area contributed by atoms with Crippen LogP contribution < -0.4 is 10.7 Å². The molecule has 5 aromatic rings. The number of aromatic amines is 1. The first-order valence-electron chi connectivity index (χ1n) is 12.9. The van der Waals surface area contributed by atoms with Crippen LogP contribution >= 0.6 is 11.6 Å². The van der Waals surface area contributed by atoms with Gasteiger partial charge in [0.2, 0.25) is 5.43 Å². The lowest BCUT2D eigenvalue weighted by atomic mass is 10.1. The largest absolute Gasteiger partial charge is 0.463 e. The molecule has 3 aromatic carbocycles. The average Bonchev–Trinajstić information content (AvgIpc) is 3.35. The molecule has 3 heterocycles. The number of amides is 1. The highest BCUT2D eigenvalue weighted by atomic mass is 35.5. The SMILES string of the molecule is Cc1cc2occ(-c3nc4ccc(C(=O)Nc5ccc(CN6CCN(C)CC6)cc5)cc4[nH]3)c(=O)c2cc1Cl. The van der Waals surface area contributed by atoms with E-state index in [0.717, 1.165) is 44.0 Å². The van der Waals surface area contributed by atoms with E-state index in [1.165, 1.54) is 11.8 Å². The third kappa shape index (κ3) is 5.18. The lowest BCUT2D eigenvalue weighted by molar-refractivity contribution is 0.102. The van der Waals surface area contributed by atoms with Crippen molar-refractivity contribution < 1.29 is 9.21 Å². The molecule has 2 aromatic heterocycles. The van der Waals surface area contributed by atoms with Gasteiger partial charge in [0.25, 0.3) is 5.91 Å². The van der Waals surface area contributed by atoms with Gasteiger partial charge in [-0.2, -0.15) is 0 Å². The van der Waals surface area contributed by atoms with Crippen molar-refractivity contribution in [3.8, 4) is 11.4 Å². The van der Waals surface area contributed by atoms with Crippen LogP contribution in [0.2, 0.25) is 5.02 Å². The Balaban J connectivity index is 1.19. The van der Waals surface area contributed by atoms with Crippen molar-refractivity contribution in [1.82, 2.24) is 19.8 Å². The molecule has 0 unspecified atom stereocenters. The molecule has 6 rings (SSSR count). The zero-order valence-corrected chi connectivity index (χ0v) is 22.5. The maximum absolute atomic E-state index is 13.1. The van der Waals surface area contributed by atoms with Crippen LogP contribution in [-0.4, -0.2) is 58.9 Å². The van der Waals surface area contributed by atoms with Crippen LogP contribution in [0.3, 0.4) is 0 Å². The van der Waals surface area contributed by atoms with E-state index in [1.807, 2.05) is 19.1 Å². The molecule has 0 atom stereocenters. The summed E-state index contributed by atoms with van der Waals surface area (Å²) in [4.78, 5) is 38.6. The molecule has 1 fully saturated rings. The molecule has 0 aliphatic carbocycles. The summed E-state index contributed by atoms with van der Waals surface area (Å²) in [5, 5.41) is 3.85. The Morgan fingerprint density at radius 1 is 1.08 bits per heavy atom. The van der Waals surface area contributed by atoms with Crippen molar-refractivity contribution in [2.45, 2.75) is 13.5 Å². The Labute approximate surface area is 230 Å². The maximum Gasteiger partial charge on any atom is 0.255 e. The van der Waals surface area contributed by atoms with E-state index >= 15 is 0 Å². The summed E-state index contributed by atoms with van der Waals surface area (Å²) in [6, 6.07) is 16.5. The first kappa shape index (κ1) is 25.3. The van der Waals surface area contributed by atoms with Crippen LogP contribution in [0.25, 0.3) is 33.4 Å². The topological polar surface area (TPSA) is 94.5 Å². The first-order valence-corrected chi connectivity index (χ1v) is 13.2. The maximum atomic E-state index is 13.1. The van der Waals surface area contributed by atoms with Gasteiger partial charge < -0.3 is 19.6 Å². The van der Waals surface area contributed by atoms with E-state index in [9.17, 15) is 9.59 Å². The van der Waals surface area contributed by atoms with E-state index in [2.05, 4.69) is 44.3 Å². The number of imidazole rings is 1. The first-order chi connectivity index (χ1) is 18.8. The summed E-state index contributed by atoms with van der Waals surface area (Å²) in [7, 11) is 2.15. The number of aromatic nitrogens is 2. The third-order valence-corrected chi connectivity index (χ3v) is 7.67. The van der Waals surface area contributed by atoms with Crippen molar-refractivity contribution in [3.63, 3.8) is 0 Å². The molecule has 0 saturated carbocycles. The number of hydrogen-bond acceptors (Lipinski definition) is 6. The molecular formula is C30H28ClN5O3. The number of nitrogens with zero attached hydrogens (tertiary/aromatic N) is 3. The predicted octanol–water partition coefficient (Wildman–Crippen LogP) is 5.30. The number of fused-ring (bicyclic) bond motifs is 2. The minimum Gasteiger partial charge on any atom is -0.463 e. The number of nitrogens with one attached hydrogen (secondary N) is 2. The van der Waals surface area contributed by atoms with Gasteiger partial charge in [-0.3, -0.25) is 14.5 Å². The van der Waals surface area contributed by atoms with E-state index in [1.54, 1.807) is 30.3 Å². The minimum atomic E-state index is -0.230. The molecule has 0 bridgehead atoms. The van der Waals surface area contributed by atoms with Crippen LogP contribution in [0.4, 0.5) is 5.69 Å². The van der Waals surface area contributed by atoms with Crippen molar-refractivity contribution in [2.24, 2.45) is 0 Å². The lowest BCUT2D eigenvalue weighted by Crippen LogP contribution is -2.43. The standard InChI is InChI=1S/C30H28ClN5O3/c1-18-13-27-22(15-24(18)31)28(37)23(17-39-27)29-33-25-8-5-20(14-26(25)34-29)30(38)32-21-6-3-19(4-7-21)16-36-11-9-35(2)10-12-36/h3-8,13-15,17H,9-12,16H2,1-2H3,(H,32,38)(H,33,34). The van der Waals surface area contributed by atoms with Gasteiger partial charge in [0.15, 0.2) is 0 Å². The van der Waals surface area contributed by atoms with Gasteiger partial charge in [0.05, 0.1) is 16.4 Å². The molecule has 1 aliphatic heterocycles. The number of hydrogen-bond donors (Lipinski definition) is 2. The number of aryl methyl sites for hydroxylation is 1. The van der Waals surface area contributed by atoms with Crippen LogP contribution in [0, 0.1) is 6.92 Å². The van der Waals surface area contributed by atoms with Gasteiger partial charge in [-0.1, -0.05) is 23.7 Å². The summed E-state index contributed by atoms with van der Waals surface area (Å²) in [6.45, 7) is 7.05. The summed E-state index contributed by atoms with van der Waals surface area (Å²) in [5.74, 6) is 0.140. The highest BCUT2D eigenvalue weighted by molar-refractivity contribution is 6.32. The third-order valence-electron chi connectivity index (χ3n) is 7.27. The Morgan fingerprint density at radius 2 is 1.85 bits per heavy atom. The second kappa shape index (κ2) is 10.3. The fourth-order valence-electron chi connectivity index (χ4n) is 4.85. The Morgan fingerprint density at radius 3 is 2.62 bits per heavy atom. The number of likely N-dealkylation sites (N-methyl/N-ethyl adjacent to an activating group) is 1. The van der Waals surface area contributed by atoms with Crippen molar-refractivity contribution in [2.75, 3.05) is 38.5 Å². The van der Waals surface area contributed by atoms with E-state index < -0.39 is 0 Å². The summed E-state index contributed by atoms with van der Waals surface area (Å²) in [5.41, 5.74) is 5.07. The van der Waals surface area contributed by atoms with Gasteiger partial charge in [0, 0.05) is 49.0 Å². The molecule has 9 heteroatoms. The number of rotatable bonds is 5. The minimum absolute atomic E-state index is 0.227. The quantitative estimate of drug-likeness (QED) is 0.314. The molecule has 0 spiro atoms. The van der Waals surface area contributed by atoms with E-state index in [4.69, 9.17) is 16.0 Å². The number of piperazine rings is 1. The molecule has 8 nitrogen and oxygen atoms in total. The van der Waals surface area contributed by atoms with Crippen LogP contribution in [0.1, 0.15) is 21.5 Å². The fourth-order valence-corrected chi connectivity index (χ4v) is 5.02. The molecule has 1 amide bonds. The molecule has 1 saturated heterocycles. The zero-order chi connectivity index (χ0) is 27.1. The Hall–Kier alpha value is -3.98.